The average Bonchev–Trinajstić information content (AvgIpc) is 2.86. The van der Waals surface area contributed by atoms with Gasteiger partial charge in [-0.3, -0.25) is 4.90 Å². The lowest BCUT2D eigenvalue weighted by atomic mass is 10.1. The highest BCUT2D eigenvalue weighted by molar-refractivity contribution is 4.96. The summed E-state index contributed by atoms with van der Waals surface area (Å²) in [6, 6.07) is 0. The van der Waals surface area contributed by atoms with Gasteiger partial charge in [0, 0.05) is 38.4 Å². The molecule has 2 atom stereocenters. The summed E-state index contributed by atoms with van der Waals surface area (Å²) in [6.45, 7) is 8.73. The molecule has 2 unspecified atom stereocenters. The molecule has 0 aromatic carbocycles. The van der Waals surface area contributed by atoms with Crippen molar-refractivity contribution in [3.63, 3.8) is 0 Å². The SMILES string of the molecule is CCCN1CCOC(C(O)Cc2nccn2CC)C1. The summed E-state index contributed by atoms with van der Waals surface area (Å²) in [5.74, 6) is 0.936. The second-order valence-electron chi connectivity index (χ2n) is 5.11. The van der Waals surface area contributed by atoms with Gasteiger partial charge in [0.1, 0.15) is 5.82 Å². The van der Waals surface area contributed by atoms with E-state index in [0.717, 1.165) is 38.4 Å². The molecule has 0 bridgehead atoms. The maximum absolute atomic E-state index is 10.3. The Balaban J connectivity index is 1.90. The van der Waals surface area contributed by atoms with Crippen LogP contribution in [0.4, 0.5) is 0 Å². The first-order valence-corrected chi connectivity index (χ1v) is 7.26. The van der Waals surface area contributed by atoms with Gasteiger partial charge in [0.05, 0.1) is 18.8 Å². The molecule has 1 aromatic rings. The lowest BCUT2D eigenvalue weighted by Crippen LogP contribution is -2.48. The first-order valence-electron chi connectivity index (χ1n) is 7.26. The average molecular weight is 267 g/mol. The van der Waals surface area contributed by atoms with Crippen LogP contribution in [0.15, 0.2) is 12.4 Å². The minimum atomic E-state index is -0.479. The van der Waals surface area contributed by atoms with Crippen molar-refractivity contribution in [3.05, 3.63) is 18.2 Å². The molecule has 108 valence electrons. The van der Waals surface area contributed by atoms with Gasteiger partial charge in [-0.25, -0.2) is 4.98 Å². The van der Waals surface area contributed by atoms with Crippen LogP contribution in [-0.2, 0) is 17.7 Å². The smallest absolute Gasteiger partial charge is 0.111 e. The standard InChI is InChI=1S/C14H25N3O2/c1-3-6-16-8-9-19-13(11-16)12(18)10-14-15-5-7-17(14)4-2/h5,7,12-13,18H,3-4,6,8-11H2,1-2H3. The number of imidazole rings is 1. The van der Waals surface area contributed by atoms with Crippen LogP contribution in [0.5, 0.6) is 0 Å². The van der Waals surface area contributed by atoms with Gasteiger partial charge in [0.2, 0.25) is 0 Å². The van der Waals surface area contributed by atoms with E-state index in [9.17, 15) is 5.11 Å². The molecule has 1 aliphatic heterocycles. The molecule has 0 spiro atoms. The molecule has 0 radical (unpaired) electrons. The molecule has 0 aliphatic carbocycles. The molecule has 2 heterocycles. The summed E-state index contributed by atoms with van der Waals surface area (Å²) in [5, 5.41) is 10.3. The lowest BCUT2D eigenvalue weighted by Gasteiger charge is -2.35. The quantitative estimate of drug-likeness (QED) is 0.832. The fourth-order valence-electron chi connectivity index (χ4n) is 2.62. The lowest BCUT2D eigenvalue weighted by molar-refractivity contribution is -0.0883. The van der Waals surface area contributed by atoms with Gasteiger partial charge in [-0.05, 0) is 19.9 Å². The summed E-state index contributed by atoms with van der Waals surface area (Å²) >= 11 is 0. The van der Waals surface area contributed by atoms with Crippen molar-refractivity contribution in [2.24, 2.45) is 0 Å². The Morgan fingerprint density at radius 3 is 3.11 bits per heavy atom. The van der Waals surface area contributed by atoms with E-state index in [1.165, 1.54) is 0 Å². The predicted molar refractivity (Wildman–Crippen MR) is 74.1 cm³/mol. The van der Waals surface area contributed by atoms with E-state index in [1.54, 1.807) is 6.20 Å². The fraction of sp³-hybridized carbons (Fsp3) is 0.786. The topological polar surface area (TPSA) is 50.5 Å². The molecule has 1 N–H and O–H groups in total. The fourth-order valence-corrected chi connectivity index (χ4v) is 2.62. The second kappa shape index (κ2) is 7.03. The Labute approximate surface area is 115 Å². The summed E-state index contributed by atoms with van der Waals surface area (Å²) in [6.07, 6.45) is 4.87. The van der Waals surface area contributed by atoms with E-state index in [4.69, 9.17) is 4.74 Å². The number of rotatable bonds is 6. The molecule has 1 saturated heterocycles. The number of aliphatic hydroxyl groups is 1. The third kappa shape index (κ3) is 3.78. The van der Waals surface area contributed by atoms with Crippen molar-refractivity contribution >= 4 is 0 Å². The van der Waals surface area contributed by atoms with Crippen LogP contribution >= 0.6 is 0 Å². The van der Waals surface area contributed by atoms with Crippen LogP contribution in [0.25, 0.3) is 0 Å². The van der Waals surface area contributed by atoms with E-state index in [-0.39, 0.29) is 6.10 Å². The van der Waals surface area contributed by atoms with Crippen LogP contribution in [0.2, 0.25) is 0 Å². The summed E-state index contributed by atoms with van der Waals surface area (Å²) in [5.41, 5.74) is 0. The van der Waals surface area contributed by atoms with Crippen molar-refractivity contribution in [2.75, 3.05) is 26.2 Å². The minimum Gasteiger partial charge on any atom is -0.390 e. The zero-order valence-corrected chi connectivity index (χ0v) is 12.0. The van der Waals surface area contributed by atoms with Gasteiger partial charge in [0.15, 0.2) is 0 Å². The van der Waals surface area contributed by atoms with Gasteiger partial charge >= 0.3 is 0 Å². The summed E-state index contributed by atoms with van der Waals surface area (Å²) in [7, 11) is 0. The van der Waals surface area contributed by atoms with Gasteiger partial charge < -0.3 is 14.4 Å². The number of morpholine rings is 1. The molecule has 2 rings (SSSR count). The molecule has 0 amide bonds. The van der Waals surface area contributed by atoms with E-state index in [0.29, 0.717) is 13.0 Å². The van der Waals surface area contributed by atoms with E-state index in [1.807, 2.05) is 6.20 Å². The first kappa shape index (κ1) is 14.5. The molecular weight excluding hydrogens is 242 g/mol. The highest BCUT2D eigenvalue weighted by Crippen LogP contribution is 2.13. The minimum absolute atomic E-state index is 0.0951. The number of nitrogens with zero attached hydrogens (tertiary/aromatic N) is 3. The molecule has 1 fully saturated rings. The van der Waals surface area contributed by atoms with E-state index >= 15 is 0 Å². The maximum Gasteiger partial charge on any atom is 0.111 e. The number of ether oxygens (including phenoxy) is 1. The van der Waals surface area contributed by atoms with Gasteiger partial charge in [-0.15, -0.1) is 0 Å². The predicted octanol–water partition coefficient (Wildman–Crippen LogP) is 0.917. The van der Waals surface area contributed by atoms with Crippen molar-refractivity contribution in [1.29, 1.82) is 0 Å². The van der Waals surface area contributed by atoms with Crippen LogP contribution in [-0.4, -0.2) is 58.0 Å². The van der Waals surface area contributed by atoms with Gasteiger partial charge in [0.25, 0.3) is 0 Å². The highest BCUT2D eigenvalue weighted by Gasteiger charge is 2.27. The Morgan fingerprint density at radius 1 is 1.53 bits per heavy atom. The second-order valence-corrected chi connectivity index (χ2v) is 5.11. The Bertz CT molecular complexity index is 379. The van der Waals surface area contributed by atoms with Crippen LogP contribution in [0, 0.1) is 0 Å². The number of aromatic nitrogens is 2. The number of hydrogen-bond acceptors (Lipinski definition) is 4. The highest BCUT2D eigenvalue weighted by atomic mass is 16.5. The largest absolute Gasteiger partial charge is 0.390 e. The molecule has 5 nitrogen and oxygen atoms in total. The van der Waals surface area contributed by atoms with Crippen LogP contribution < -0.4 is 0 Å². The Morgan fingerprint density at radius 2 is 2.37 bits per heavy atom. The molecule has 19 heavy (non-hydrogen) atoms. The summed E-state index contributed by atoms with van der Waals surface area (Å²) < 4.78 is 7.78. The first-order chi connectivity index (χ1) is 9.24. The molecule has 1 aromatic heterocycles. The molecule has 0 saturated carbocycles. The van der Waals surface area contributed by atoms with Crippen LogP contribution in [0.1, 0.15) is 26.1 Å². The number of aryl methyl sites for hydroxylation is 1. The van der Waals surface area contributed by atoms with Crippen molar-refractivity contribution in [3.8, 4) is 0 Å². The Hall–Kier alpha value is -0.910. The maximum atomic E-state index is 10.3. The molecule has 1 aliphatic rings. The molecule has 5 heteroatoms. The zero-order chi connectivity index (χ0) is 13.7. The van der Waals surface area contributed by atoms with Crippen LogP contribution in [0.3, 0.4) is 0 Å². The van der Waals surface area contributed by atoms with Crippen molar-refractivity contribution in [1.82, 2.24) is 14.5 Å². The van der Waals surface area contributed by atoms with Crippen molar-refractivity contribution in [2.45, 2.75) is 45.4 Å². The zero-order valence-electron chi connectivity index (χ0n) is 12.0. The third-order valence-electron chi connectivity index (χ3n) is 3.68. The summed E-state index contributed by atoms with van der Waals surface area (Å²) in [4.78, 5) is 6.68. The third-order valence-corrected chi connectivity index (χ3v) is 3.68. The monoisotopic (exact) mass is 267 g/mol. The molecular formula is C14H25N3O2. The van der Waals surface area contributed by atoms with E-state index < -0.39 is 6.10 Å². The van der Waals surface area contributed by atoms with E-state index in [2.05, 4.69) is 28.3 Å². The number of hydrogen-bond donors (Lipinski definition) is 1. The Kier molecular flexibility index (Phi) is 5.36. The van der Waals surface area contributed by atoms with Gasteiger partial charge in [-0.1, -0.05) is 6.92 Å². The van der Waals surface area contributed by atoms with Crippen molar-refractivity contribution < 1.29 is 9.84 Å². The normalized spacial score (nSPS) is 22.6. The van der Waals surface area contributed by atoms with Gasteiger partial charge in [-0.2, -0.15) is 0 Å². The number of aliphatic hydroxyl groups excluding tert-OH is 1.